The predicted octanol–water partition coefficient (Wildman–Crippen LogP) is 6.32. The third-order valence-corrected chi connectivity index (χ3v) is 11.7. The minimum absolute atomic E-state index is 0.152. The van der Waals surface area contributed by atoms with Gasteiger partial charge in [-0.25, -0.2) is 4.98 Å². The normalized spacial score (nSPS) is 19.6. The molecule has 1 aliphatic carbocycles. The van der Waals surface area contributed by atoms with Crippen LogP contribution in [0.1, 0.15) is 57.3 Å². The first-order chi connectivity index (χ1) is 15.2. The first kappa shape index (κ1) is 23.3. The van der Waals surface area contributed by atoms with E-state index in [1.807, 2.05) is 12.3 Å². The van der Waals surface area contributed by atoms with Crippen LogP contribution in [-0.4, -0.2) is 39.7 Å². The van der Waals surface area contributed by atoms with Gasteiger partial charge in [0.05, 0.1) is 26.4 Å². The maximum atomic E-state index is 6.81. The van der Waals surface area contributed by atoms with E-state index in [9.17, 15) is 0 Å². The number of hydrogen-bond acceptors (Lipinski definition) is 5. The molecule has 1 fully saturated rings. The maximum absolute atomic E-state index is 6.81. The summed E-state index contributed by atoms with van der Waals surface area (Å²) in [7, 11) is -0.119. The summed E-state index contributed by atoms with van der Waals surface area (Å²) in [5, 5.41) is 0.190. The largest absolute Gasteiger partial charge is 0.496 e. The summed E-state index contributed by atoms with van der Waals surface area (Å²) >= 11 is 0. The second kappa shape index (κ2) is 9.16. The molecule has 0 saturated carbocycles. The summed E-state index contributed by atoms with van der Waals surface area (Å²) in [5.74, 6) is 1.56. The molecule has 1 aromatic heterocycles. The van der Waals surface area contributed by atoms with Crippen molar-refractivity contribution in [1.29, 1.82) is 0 Å². The molecule has 4 rings (SSSR count). The summed E-state index contributed by atoms with van der Waals surface area (Å²) in [4.78, 5) is 4.62. The molecule has 1 aromatic carbocycles. The van der Waals surface area contributed by atoms with Gasteiger partial charge in [0.1, 0.15) is 11.9 Å². The zero-order valence-electron chi connectivity index (χ0n) is 20.4. The third kappa shape index (κ3) is 4.73. The highest BCUT2D eigenvalue weighted by molar-refractivity contribution is 6.74. The Balaban J connectivity index is 1.60. The smallest absolute Gasteiger partial charge is 0.213 e. The lowest BCUT2D eigenvalue weighted by Crippen LogP contribution is -2.41. The second-order valence-electron chi connectivity index (χ2n) is 10.4. The fraction of sp³-hybridized carbons (Fsp3) is 0.577. The third-order valence-electron chi connectivity index (χ3n) is 7.26. The van der Waals surface area contributed by atoms with Crippen molar-refractivity contribution in [2.75, 3.05) is 20.3 Å². The van der Waals surface area contributed by atoms with Gasteiger partial charge in [-0.15, -0.1) is 0 Å². The first-order valence-electron chi connectivity index (χ1n) is 11.8. The highest BCUT2D eigenvalue weighted by Gasteiger charge is 2.41. The van der Waals surface area contributed by atoms with Gasteiger partial charge in [-0.05, 0) is 54.2 Å². The Hall–Kier alpha value is -1.89. The van der Waals surface area contributed by atoms with E-state index in [1.165, 1.54) is 11.1 Å². The molecule has 0 radical (unpaired) electrons. The van der Waals surface area contributed by atoms with Crippen LogP contribution in [0.15, 0.2) is 30.5 Å². The van der Waals surface area contributed by atoms with E-state index >= 15 is 0 Å². The molecule has 32 heavy (non-hydrogen) atoms. The molecule has 174 valence electrons. The van der Waals surface area contributed by atoms with Crippen LogP contribution in [0.4, 0.5) is 0 Å². The van der Waals surface area contributed by atoms with Gasteiger partial charge in [0.25, 0.3) is 0 Å². The summed E-state index contributed by atoms with van der Waals surface area (Å²) in [6, 6.07) is 8.34. The van der Waals surface area contributed by atoms with Gasteiger partial charge in [0, 0.05) is 36.2 Å². The molecular weight excluding hydrogens is 418 g/mol. The number of pyridine rings is 1. The average Bonchev–Trinajstić information content (AvgIpc) is 3.16. The minimum Gasteiger partial charge on any atom is -0.496 e. The molecule has 1 aliphatic heterocycles. The van der Waals surface area contributed by atoms with E-state index in [0.29, 0.717) is 5.88 Å². The molecule has 6 heteroatoms. The van der Waals surface area contributed by atoms with Crippen LogP contribution in [0.2, 0.25) is 18.1 Å². The van der Waals surface area contributed by atoms with Gasteiger partial charge in [0.15, 0.2) is 8.32 Å². The summed E-state index contributed by atoms with van der Waals surface area (Å²) in [5.41, 5.74) is 4.82. The van der Waals surface area contributed by atoms with Crippen molar-refractivity contribution < 1.29 is 18.6 Å². The van der Waals surface area contributed by atoms with Crippen molar-refractivity contribution in [2.24, 2.45) is 0 Å². The number of benzene rings is 1. The molecule has 0 unspecified atom stereocenters. The standard InChI is InChI=1S/C26H37NO4Si/c1-26(2,3)32(5,6)31-22-10-9-21-20(22)8-11-23(28-4)25(21)18-7-12-24(27-17-18)30-19-13-15-29-16-14-19/h7-8,11-12,17,19,22H,9-10,13-16H2,1-6H3/t22-/m0/s1. The van der Waals surface area contributed by atoms with Crippen molar-refractivity contribution in [2.45, 2.75) is 76.8 Å². The van der Waals surface area contributed by atoms with Crippen molar-refractivity contribution in [1.82, 2.24) is 4.98 Å². The average molecular weight is 456 g/mol. The van der Waals surface area contributed by atoms with Crippen LogP contribution in [-0.2, 0) is 15.6 Å². The number of fused-ring (bicyclic) bond motifs is 1. The second-order valence-corrected chi connectivity index (χ2v) is 15.2. The van der Waals surface area contributed by atoms with Crippen molar-refractivity contribution in [3.63, 3.8) is 0 Å². The minimum atomic E-state index is -1.86. The van der Waals surface area contributed by atoms with Gasteiger partial charge in [0.2, 0.25) is 5.88 Å². The molecule has 0 spiro atoms. The lowest BCUT2D eigenvalue weighted by atomic mass is 9.96. The van der Waals surface area contributed by atoms with E-state index in [-0.39, 0.29) is 17.2 Å². The lowest BCUT2D eigenvalue weighted by molar-refractivity contribution is 0.0237. The van der Waals surface area contributed by atoms with Crippen molar-refractivity contribution in [3.8, 4) is 22.8 Å². The Morgan fingerprint density at radius 1 is 1.03 bits per heavy atom. The molecular formula is C26H37NO4Si. The first-order valence-corrected chi connectivity index (χ1v) is 14.7. The SMILES string of the molecule is COc1ccc2c(c1-c1ccc(OC3CCOCC3)nc1)CC[C@@H]2O[Si](C)(C)C(C)(C)C. The van der Waals surface area contributed by atoms with E-state index in [0.717, 1.165) is 55.8 Å². The zero-order valence-corrected chi connectivity index (χ0v) is 21.4. The Morgan fingerprint density at radius 2 is 1.78 bits per heavy atom. The van der Waals surface area contributed by atoms with Gasteiger partial charge >= 0.3 is 0 Å². The zero-order chi connectivity index (χ0) is 22.9. The van der Waals surface area contributed by atoms with Crippen molar-refractivity contribution >= 4 is 8.32 Å². The fourth-order valence-electron chi connectivity index (χ4n) is 4.35. The van der Waals surface area contributed by atoms with Gasteiger partial charge in [-0.2, -0.15) is 0 Å². The molecule has 5 nitrogen and oxygen atoms in total. The number of nitrogens with zero attached hydrogens (tertiary/aromatic N) is 1. The Morgan fingerprint density at radius 3 is 2.41 bits per heavy atom. The van der Waals surface area contributed by atoms with Crippen LogP contribution in [0.5, 0.6) is 11.6 Å². The van der Waals surface area contributed by atoms with Gasteiger partial charge in [-0.1, -0.05) is 26.8 Å². The molecule has 2 heterocycles. The summed E-state index contributed by atoms with van der Waals surface area (Å²) in [6.07, 6.45) is 6.08. The monoisotopic (exact) mass is 455 g/mol. The molecule has 2 aliphatic rings. The molecule has 0 amide bonds. The fourth-order valence-corrected chi connectivity index (χ4v) is 5.66. The van der Waals surface area contributed by atoms with E-state index in [1.54, 1.807) is 7.11 Å². The Labute approximate surface area is 193 Å². The number of methoxy groups -OCH3 is 1. The number of ether oxygens (including phenoxy) is 3. The van der Waals surface area contributed by atoms with E-state index < -0.39 is 8.32 Å². The lowest BCUT2D eigenvalue weighted by Gasteiger charge is -2.38. The molecule has 1 atom stereocenters. The predicted molar refractivity (Wildman–Crippen MR) is 130 cm³/mol. The molecule has 0 N–H and O–H groups in total. The highest BCUT2D eigenvalue weighted by Crippen LogP contribution is 2.47. The number of rotatable bonds is 6. The van der Waals surface area contributed by atoms with Gasteiger partial charge < -0.3 is 18.6 Å². The van der Waals surface area contributed by atoms with E-state index in [4.69, 9.17) is 18.6 Å². The topological polar surface area (TPSA) is 49.8 Å². The quantitative estimate of drug-likeness (QED) is 0.477. The molecule has 2 aromatic rings. The maximum Gasteiger partial charge on any atom is 0.213 e. The molecule has 1 saturated heterocycles. The van der Waals surface area contributed by atoms with Crippen LogP contribution in [0, 0.1) is 0 Å². The highest BCUT2D eigenvalue weighted by atomic mass is 28.4. The summed E-state index contributed by atoms with van der Waals surface area (Å²) < 4.78 is 24.1. The van der Waals surface area contributed by atoms with Crippen LogP contribution < -0.4 is 9.47 Å². The van der Waals surface area contributed by atoms with Crippen LogP contribution in [0.3, 0.4) is 0 Å². The van der Waals surface area contributed by atoms with Crippen LogP contribution in [0.25, 0.3) is 11.1 Å². The summed E-state index contributed by atoms with van der Waals surface area (Å²) in [6.45, 7) is 13.1. The molecule has 0 bridgehead atoms. The van der Waals surface area contributed by atoms with Crippen molar-refractivity contribution in [3.05, 3.63) is 41.6 Å². The Bertz CT molecular complexity index is 930. The van der Waals surface area contributed by atoms with Crippen LogP contribution >= 0.6 is 0 Å². The number of aromatic nitrogens is 1. The Kier molecular flexibility index (Phi) is 6.66. The van der Waals surface area contributed by atoms with Gasteiger partial charge in [-0.3, -0.25) is 0 Å². The number of hydrogen-bond donors (Lipinski definition) is 0. The van der Waals surface area contributed by atoms with E-state index in [2.05, 4.69) is 57.0 Å².